The number of nitrogens with two attached hydrogens (primary N) is 1. The fourth-order valence-electron chi connectivity index (χ4n) is 2.55. The molecule has 0 aromatic rings. The second-order valence-corrected chi connectivity index (χ2v) is 5.11. The van der Waals surface area contributed by atoms with Crippen LogP contribution in [0.5, 0.6) is 0 Å². The number of morpholine rings is 1. The van der Waals surface area contributed by atoms with Crippen LogP contribution >= 0.6 is 0 Å². The van der Waals surface area contributed by atoms with Gasteiger partial charge in [0.25, 0.3) is 0 Å². The summed E-state index contributed by atoms with van der Waals surface area (Å²) < 4.78 is 11.0. The topological polar surface area (TPSA) is 47.7 Å². The first-order valence-electron chi connectivity index (χ1n) is 6.42. The zero-order valence-corrected chi connectivity index (χ0v) is 10.3. The number of nitrogens with zero attached hydrogens (tertiary/aromatic N) is 1. The Labute approximate surface area is 98.1 Å². The standard InChI is InChI=1S/C12H24N2O2/c1-2-11-9-14(5-8-16-11)10-12(13)3-6-15-7-4-12/h11H,2-10,13H2,1H3. The zero-order chi connectivity index (χ0) is 11.4. The van der Waals surface area contributed by atoms with E-state index in [1.807, 2.05) is 0 Å². The van der Waals surface area contributed by atoms with Crippen molar-refractivity contribution in [2.45, 2.75) is 37.8 Å². The third-order valence-corrected chi connectivity index (χ3v) is 3.71. The molecule has 2 saturated heterocycles. The van der Waals surface area contributed by atoms with E-state index in [1.54, 1.807) is 0 Å². The number of hydrogen-bond donors (Lipinski definition) is 1. The van der Waals surface area contributed by atoms with Crippen LogP contribution in [0.15, 0.2) is 0 Å². The molecule has 2 heterocycles. The van der Waals surface area contributed by atoms with Gasteiger partial charge in [0.05, 0.1) is 12.7 Å². The normalized spacial score (nSPS) is 31.5. The van der Waals surface area contributed by atoms with Gasteiger partial charge in [0.2, 0.25) is 0 Å². The van der Waals surface area contributed by atoms with Crippen LogP contribution in [0.25, 0.3) is 0 Å². The van der Waals surface area contributed by atoms with Crippen LogP contribution in [0.2, 0.25) is 0 Å². The number of hydrogen-bond acceptors (Lipinski definition) is 4. The molecule has 4 heteroatoms. The summed E-state index contributed by atoms with van der Waals surface area (Å²) in [6.45, 7) is 7.73. The lowest BCUT2D eigenvalue weighted by molar-refractivity contribution is -0.0443. The van der Waals surface area contributed by atoms with Gasteiger partial charge in [-0.05, 0) is 19.3 Å². The van der Waals surface area contributed by atoms with E-state index in [0.29, 0.717) is 6.10 Å². The minimum Gasteiger partial charge on any atom is -0.381 e. The molecule has 2 rings (SSSR count). The third-order valence-electron chi connectivity index (χ3n) is 3.71. The number of ether oxygens (including phenoxy) is 2. The molecule has 1 unspecified atom stereocenters. The maximum Gasteiger partial charge on any atom is 0.0700 e. The summed E-state index contributed by atoms with van der Waals surface area (Å²) in [4.78, 5) is 2.46. The van der Waals surface area contributed by atoms with Crippen LogP contribution in [0, 0.1) is 0 Å². The minimum atomic E-state index is -0.0338. The first-order chi connectivity index (χ1) is 7.72. The molecule has 0 saturated carbocycles. The summed E-state index contributed by atoms with van der Waals surface area (Å²) in [5, 5.41) is 0. The van der Waals surface area contributed by atoms with Gasteiger partial charge < -0.3 is 15.2 Å². The van der Waals surface area contributed by atoms with Crippen molar-refractivity contribution in [1.29, 1.82) is 0 Å². The van der Waals surface area contributed by atoms with Crippen molar-refractivity contribution in [2.24, 2.45) is 5.73 Å². The first kappa shape index (κ1) is 12.3. The van der Waals surface area contributed by atoms with E-state index in [1.165, 1.54) is 0 Å². The highest BCUT2D eigenvalue weighted by atomic mass is 16.5. The van der Waals surface area contributed by atoms with Crippen molar-refractivity contribution in [3.63, 3.8) is 0 Å². The van der Waals surface area contributed by atoms with Gasteiger partial charge in [-0.3, -0.25) is 4.90 Å². The summed E-state index contributed by atoms with van der Waals surface area (Å²) in [7, 11) is 0. The lowest BCUT2D eigenvalue weighted by Gasteiger charge is -2.41. The van der Waals surface area contributed by atoms with Crippen LogP contribution in [-0.2, 0) is 9.47 Å². The van der Waals surface area contributed by atoms with Gasteiger partial charge in [-0.1, -0.05) is 6.92 Å². The molecule has 16 heavy (non-hydrogen) atoms. The number of rotatable bonds is 3. The van der Waals surface area contributed by atoms with Gasteiger partial charge in [-0.2, -0.15) is 0 Å². The Morgan fingerprint density at radius 3 is 2.75 bits per heavy atom. The monoisotopic (exact) mass is 228 g/mol. The van der Waals surface area contributed by atoms with Crippen molar-refractivity contribution in [2.75, 3.05) is 39.5 Å². The maximum atomic E-state index is 6.41. The lowest BCUT2D eigenvalue weighted by Crippen LogP contribution is -2.56. The molecular formula is C12H24N2O2. The van der Waals surface area contributed by atoms with Crippen LogP contribution in [-0.4, -0.2) is 56.0 Å². The Balaban J connectivity index is 1.83. The average molecular weight is 228 g/mol. The summed E-state index contributed by atoms with van der Waals surface area (Å²) in [6.07, 6.45) is 3.47. The molecule has 4 nitrogen and oxygen atoms in total. The van der Waals surface area contributed by atoms with Crippen LogP contribution in [0.3, 0.4) is 0 Å². The van der Waals surface area contributed by atoms with Gasteiger partial charge >= 0.3 is 0 Å². The Hall–Kier alpha value is -0.160. The molecule has 2 aliphatic rings. The molecule has 0 aromatic carbocycles. The van der Waals surface area contributed by atoms with E-state index in [-0.39, 0.29) is 5.54 Å². The van der Waals surface area contributed by atoms with E-state index in [9.17, 15) is 0 Å². The molecule has 1 atom stereocenters. The predicted octanol–water partition coefficient (Wildman–Crippen LogP) is 0.605. The predicted molar refractivity (Wildman–Crippen MR) is 63.4 cm³/mol. The van der Waals surface area contributed by atoms with Crippen molar-refractivity contribution in [3.8, 4) is 0 Å². The molecule has 0 bridgehead atoms. The van der Waals surface area contributed by atoms with Crippen molar-refractivity contribution in [3.05, 3.63) is 0 Å². The van der Waals surface area contributed by atoms with Gasteiger partial charge in [-0.25, -0.2) is 0 Å². The molecule has 2 fully saturated rings. The molecule has 0 amide bonds. The smallest absolute Gasteiger partial charge is 0.0700 e. The molecular weight excluding hydrogens is 204 g/mol. The van der Waals surface area contributed by atoms with E-state index in [2.05, 4.69) is 11.8 Å². The Bertz CT molecular complexity index is 217. The molecule has 0 spiro atoms. The van der Waals surface area contributed by atoms with E-state index in [0.717, 1.165) is 58.7 Å². The van der Waals surface area contributed by atoms with E-state index in [4.69, 9.17) is 15.2 Å². The van der Waals surface area contributed by atoms with Gasteiger partial charge in [0.15, 0.2) is 0 Å². The van der Waals surface area contributed by atoms with Crippen LogP contribution in [0.1, 0.15) is 26.2 Å². The van der Waals surface area contributed by atoms with Crippen molar-refractivity contribution >= 4 is 0 Å². The quantitative estimate of drug-likeness (QED) is 0.768. The highest BCUT2D eigenvalue weighted by molar-refractivity contribution is 4.90. The van der Waals surface area contributed by atoms with Crippen molar-refractivity contribution < 1.29 is 9.47 Å². The summed E-state index contributed by atoms with van der Waals surface area (Å²) in [5.74, 6) is 0. The molecule has 0 aliphatic carbocycles. The fraction of sp³-hybridized carbons (Fsp3) is 1.00. The third kappa shape index (κ3) is 3.17. The largest absolute Gasteiger partial charge is 0.381 e. The Morgan fingerprint density at radius 2 is 2.06 bits per heavy atom. The zero-order valence-electron chi connectivity index (χ0n) is 10.3. The van der Waals surface area contributed by atoms with Crippen LogP contribution < -0.4 is 5.73 Å². The molecule has 0 aromatic heterocycles. The molecule has 2 N–H and O–H groups in total. The second kappa shape index (κ2) is 5.45. The van der Waals surface area contributed by atoms with Gasteiger partial charge in [-0.15, -0.1) is 0 Å². The summed E-state index contributed by atoms with van der Waals surface area (Å²) in [5.41, 5.74) is 6.38. The molecule has 2 aliphatic heterocycles. The SMILES string of the molecule is CCC1CN(CC2(N)CCOCC2)CCO1. The highest BCUT2D eigenvalue weighted by Crippen LogP contribution is 2.20. The Morgan fingerprint density at radius 1 is 1.31 bits per heavy atom. The minimum absolute atomic E-state index is 0.0338. The van der Waals surface area contributed by atoms with E-state index < -0.39 is 0 Å². The molecule has 0 radical (unpaired) electrons. The average Bonchev–Trinajstić information content (AvgIpc) is 2.29. The van der Waals surface area contributed by atoms with Crippen molar-refractivity contribution in [1.82, 2.24) is 4.90 Å². The maximum absolute atomic E-state index is 6.41. The summed E-state index contributed by atoms with van der Waals surface area (Å²) >= 11 is 0. The van der Waals surface area contributed by atoms with Gasteiger partial charge in [0.1, 0.15) is 0 Å². The van der Waals surface area contributed by atoms with E-state index >= 15 is 0 Å². The first-order valence-corrected chi connectivity index (χ1v) is 6.42. The van der Waals surface area contributed by atoms with Gasteiger partial charge in [0, 0.05) is 38.4 Å². The molecule has 94 valence electrons. The highest BCUT2D eigenvalue weighted by Gasteiger charge is 2.31. The Kier molecular flexibility index (Phi) is 4.19. The van der Waals surface area contributed by atoms with Crippen LogP contribution in [0.4, 0.5) is 0 Å². The summed E-state index contributed by atoms with van der Waals surface area (Å²) in [6, 6.07) is 0. The lowest BCUT2D eigenvalue weighted by atomic mass is 9.90. The second-order valence-electron chi connectivity index (χ2n) is 5.11. The fourth-order valence-corrected chi connectivity index (χ4v) is 2.55.